The Morgan fingerprint density at radius 2 is 1.49 bits per heavy atom. The Bertz CT molecular complexity index is 1390. The standard InChI is InChI=1S/C28H22ClN3O4S/c29-20-8-10-21(11-9-20)30-26(33)18-37-24-14-12-22(13-15-24)31-28(35)25(17-23-7-4-16-36-23)32-27(34)19-5-2-1-3-6-19/h1-17H,18H2,(H,30,33)(H,31,35)(H,32,34)/b25-17-. The minimum atomic E-state index is -0.511. The number of benzene rings is 3. The summed E-state index contributed by atoms with van der Waals surface area (Å²) >= 11 is 7.22. The fourth-order valence-corrected chi connectivity index (χ4v) is 3.99. The predicted octanol–water partition coefficient (Wildman–Crippen LogP) is 6.07. The van der Waals surface area contributed by atoms with Gasteiger partial charge in [-0.25, -0.2) is 0 Å². The van der Waals surface area contributed by atoms with Crippen LogP contribution in [0.3, 0.4) is 0 Å². The Morgan fingerprint density at radius 3 is 2.16 bits per heavy atom. The van der Waals surface area contributed by atoms with Crippen molar-refractivity contribution in [3.05, 3.63) is 119 Å². The third-order valence-electron chi connectivity index (χ3n) is 4.97. The summed E-state index contributed by atoms with van der Waals surface area (Å²) < 4.78 is 5.31. The van der Waals surface area contributed by atoms with E-state index in [1.54, 1.807) is 91.0 Å². The number of hydrogen-bond acceptors (Lipinski definition) is 5. The number of amides is 3. The van der Waals surface area contributed by atoms with Crippen molar-refractivity contribution < 1.29 is 18.8 Å². The molecule has 0 spiro atoms. The molecule has 37 heavy (non-hydrogen) atoms. The van der Waals surface area contributed by atoms with Gasteiger partial charge in [0.1, 0.15) is 11.5 Å². The summed E-state index contributed by atoms with van der Waals surface area (Å²) in [5, 5.41) is 8.84. The van der Waals surface area contributed by atoms with Gasteiger partial charge in [0.2, 0.25) is 5.91 Å². The molecule has 0 radical (unpaired) electrons. The normalized spacial score (nSPS) is 11.0. The lowest BCUT2D eigenvalue weighted by Gasteiger charge is -2.11. The van der Waals surface area contributed by atoms with Gasteiger partial charge < -0.3 is 20.4 Å². The number of furan rings is 1. The number of halogens is 1. The third kappa shape index (κ3) is 7.86. The van der Waals surface area contributed by atoms with Crippen molar-refractivity contribution in [3.8, 4) is 0 Å². The maximum absolute atomic E-state index is 13.0. The summed E-state index contributed by atoms with van der Waals surface area (Å²) in [6.45, 7) is 0. The van der Waals surface area contributed by atoms with Gasteiger partial charge in [-0.1, -0.05) is 29.8 Å². The molecular weight excluding hydrogens is 510 g/mol. The lowest BCUT2D eigenvalue weighted by molar-refractivity contribution is -0.114. The zero-order valence-corrected chi connectivity index (χ0v) is 21.0. The fourth-order valence-electron chi connectivity index (χ4n) is 3.17. The van der Waals surface area contributed by atoms with E-state index in [0.29, 0.717) is 27.7 Å². The van der Waals surface area contributed by atoms with E-state index in [1.807, 2.05) is 0 Å². The highest BCUT2D eigenvalue weighted by Crippen LogP contribution is 2.22. The lowest BCUT2D eigenvalue weighted by Crippen LogP contribution is -2.30. The van der Waals surface area contributed by atoms with Gasteiger partial charge >= 0.3 is 0 Å². The number of rotatable bonds is 9. The molecule has 0 aliphatic heterocycles. The number of thioether (sulfide) groups is 1. The molecule has 0 unspecified atom stereocenters. The molecule has 0 saturated carbocycles. The van der Waals surface area contributed by atoms with Crippen molar-refractivity contribution in [2.75, 3.05) is 16.4 Å². The summed E-state index contributed by atoms with van der Waals surface area (Å²) in [4.78, 5) is 38.7. The molecule has 7 nitrogen and oxygen atoms in total. The van der Waals surface area contributed by atoms with Crippen molar-refractivity contribution >= 4 is 58.5 Å². The second kappa shape index (κ2) is 12.6. The lowest BCUT2D eigenvalue weighted by atomic mass is 10.2. The highest BCUT2D eigenvalue weighted by molar-refractivity contribution is 8.00. The highest BCUT2D eigenvalue weighted by Gasteiger charge is 2.16. The summed E-state index contributed by atoms with van der Waals surface area (Å²) in [6.07, 6.45) is 2.94. The molecule has 0 aliphatic carbocycles. The monoisotopic (exact) mass is 531 g/mol. The van der Waals surface area contributed by atoms with Gasteiger partial charge in [0.15, 0.2) is 0 Å². The Kier molecular flexibility index (Phi) is 8.80. The Balaban J connectivity index is 1.36. The smallest absolute Gasteiger partial charge is 0.272 e. The van der Waals surface area contributed by atoms with Gasteiger partial charge in [-0.15, -0.1) is 11.8 Å². The molecule has 0 atom stereocenters. The molecule has 0 aliphatic rings. The molecule has 1 heterocycles. The number of hydrogen-bond donors (Lipinski definition) is 3. The maximum Gasteiger partial charge on any atom is 0.272 e. The molecule has 4 aromatic rings. The molecule has 0 bridgehead atoms. The molecule has 3 N–H and O–H groups in total. The van der Waals surface area contributed by atoms with Gasteiger partial charge in [0.05, 0.1) is 12.0 Å². The van der Waals surface area contributed by atoms with E-state index in [9.17, 15) is 14.4 Å². The van der Waals surface area contributed by atoms with Gasteiger partial charge in [-0.3, -0.25) is 14.4 Å². The molecule has 186 valence electrons. The zero-order chi connectivity index (χ0) is 26.0. The van der Waals surface area contributed by atoms with Crippen LogP contribution >= 0.6 is 23.4 Å². The van der Waals surface area contributed by atoms with Crippen molar-refractivity contribution in [3.63, 3.8) is 0 Å². The largest absolute Gasteiger partial charge is 0.465 e. The van der Waals surface area contributed by atoms with Crippen LogP contribution < -0.4 is 16.0 Å². The Morgan fingerprint density at radius 1 is 0.811 bits per heavy atom. The second-order valence-corrected chi connectivity index (χ2v) is 9.20. The molecular formula is C28H22ClN3O4S. The zero-order valence-electron chi connectivity index (χ0n) is 19.4. The third-order valence-corrected chi connectivity index (χ3v) is 6.23. The highest BCUT2D eigenvalue weighted by atomic mass is 35.5. The first-order chi connectivity index (χ1) is 18.0. The van der Waals surface area contributed by atoms with Gasteiger partial charge in [-0.05, 0) is 72.8 Å². The predicted molar refractivity (Wildman–Crippen MR) is 146 cm³/mol. The average molecular weight is 532 g/mol. The summed E-state index contributed by atoms with van der Waals surface area (Å²) in [7, 11) is 0. The van der Waals surface area contributed by atoms with E-state index in [2.05, 4.69) is 16.0 Å². The van der Waals surface area contributed by atoms with Crippen molar-refractivity contribution in [1.29, 1.82) is 0 Å². The Hall–Kier alpha value is -4.27. The van der Waals surface area contributed by atoms with Crippen LogP contribution in [0.1, 0.15) is 16.1 Å². The first kappa shape index (κ1) is 25.8. The number of anilines is 2. The first-order valence-electron chi connectivity index (χ1n) is 11.2. The van der Waals surface area contributed by atoms with Crippen LogP contribution in [0.5, 0.6) is 0 Å². The number of carbonyl (C=O) groups excluding carboxylic acids is 3. The molecule has 0 saturated heterocycles. The topological polar surface area (TPSA) is 100 Å². The van der Waals surface area contributed by atoms with Gasteiger partial charge in [0.25, 0.3) is 11.8 Å². The number of carbonyl (C=O) groups is 3. The first-order valence-corrected chi connectivity index (χ1v) is 12.5. The molecule has 3 amide bonds. The fraction of sp³-hybridized carbons (Fsp3) is 0.0357. The molecule has 0 fully saturated rings. The summed E-state index contributed by atoms with van der Waals surface area (Å²) in [5.41, 5.74) is 1.65. The number of nitrogens with one attached hydrogen (secondary N) is 3. The minimum Gasteiger partial charge on any atom is -0.465 e. The average Bonchev–Trinajstić information content (AvgIpc) is 3.43. The van der Waals surface area contributed by atoms with Crippen LogP contribution in [0.15, 0.2) is 112 Å². The van der Waals surface area contributed by atoms with E-state index in [1.165, 1.54) is 24.1 Å². The van der Waals surface area contributed by atoms with Gasteiger partial charge in [-0.2, -0.15) is 0 Å². The molecule has 1 aromatic heterocycles. The van der Waals surface area contributed by atoms with Crippen LogP contribution in [-0.2, 0) is 9.59 Å². The summed E-state index contributed by atoms with van der Waals surface area (Å²) in [6, 6.07) is 25.9. The van der Waals surface area contributed by atoms with E-state index in [0.717, 1.165) is 4.90 Å². The van der Waals surface area contributed by atoms with Crippen LogP contribution in [0.25, 0.3) is 6.08 Å². The van der Waals surface area contributed by atoms with E-state index in [-0.39, 0.29) is 17.4 Å². The summed E-state index contributed by atoms with van der Waals surface area (Å²) in [5.74, 6) is -0.440. The maximum atomic E-state index is 13.0. The van der Waals surface area contributed by atoms with Crippen LogP contribution in [0.4, 0.5) is 11.4 Å². The van der Waals surface area contributed by atoms with E-state index < -0.39 is 11.8 Å². The SMILES string of the molecule is O=C(CSc1ccc(NC(=O)/C(=C/c2ccco2)NC(=O)c2ccccc2)cc1)Nc1ccc(Cl)cc1. The Labute approximate surface area is 222 Å². The molecule has 3 aromatic carbocycles. The van der Waals surface area contributed by atoms with Crippen LogP contribution in [-0.4, -0.2) is 23.5 Å². The van der Waals surface area contributed by atoms with Crippen molar-refractivity contribution in [2.24, 2.45) is 0 Å². The second-order valence-electron chi connectivity index (χ2n) is 7.72. The molecule has 4 rings (SSSR count). The van der Waals surface area contributed by atoms with E-state index in [4.69, 9.17) is 16.0 Å². The minimum absolute atomic E-state index is 0.0288. The van der Waals surface area contributed by atoms with E-state index >= 15 is 0 Å². The molecule has 9 heteroatoms. The van der Waals surface area contributed by atoms with Crippen molar-refractivity contribution in [1.82, 2.24) is 5.32 Å². The van der Waals surface area contributed by atoms with Crippen LogP contribution in [0, 0.1) is 0 Å². The quantitative estimate of drug-likeness (QED) is 0.180. The van der Waals surface area contributed by atoms with Crippen LogP contribution in [0.2, 0.25) is 5.02 Å². The van der Waals surface area contributed by atoms with Crippen molar-refractivity contribution in [2.45, 2.75) is 4.90 Å². The van der Waals surface area contributed by atoms with Gasteiger partial charge in [0, 0.05) is 32.9 Å².